The van der Waals surface area contributed by atoms with Crippen LogP contribution in [0.5, 0.6) is 0 Å². The highest BCUT2D eigenvalue weighted by Gasteiger charge is 2.21. The average molecular weight is 328 g/mol. The summed E-state index contributed by atoms with van der Waals surface area (Å²) in [5.74, 6) is 0.322. The van der Waals surface area contributed by atoms with E-state index in [4.69, 9.17) is 9.47 Å². The maximum Gasteiger partial charge on any atom is 0.344 e. The molecule has 9 heteroatoms. The molecular weight excluding hydrogens is 308 g/mol. The van der Waals surface area contributed by atoms with Gasteiger partial charge in [0, 0.05) is 19.7 Å². The smallest absolute Gasteiger partial charge is 0.344 e. The van der Waals surface area contributed by atoms with Gasteiger partial charge in [0.2, 0.25) is 5.91 Å². The number of ether oxygens (including phenoxy) is 2. The van der Waals surface area contributed by atoms with Gasteiger partial charge in [0.05, 0.1) is 31.6 Å². The fraction of sp³-hybridized carbons (Fsp3) is 0.769. The zero-order valence-corrected chi connectivity index (χ0v) is 13.1. The number of aromatic nitrogens is 3. The molecule has 2 aliphatic rings. The first-order valence-electron chi connectivity index (χ1n) is 7.49. The van der Waals surface area contributed by atoms with E-state index in [2.05, 4.69) is 10.2 Å². The molecule has 2 aliphatic heterocycles. The third kappa shape index (κ3) is 3.71. The molecule has 1 atom stereocenters. The summed E-state index contributed by atoms with van der Waals surface area (Å²) < 4.78 is 12.4. The Balaban J connectivity index is 1.57. The standard InChI is InChI=1S/C13H20N4O4S/c18-11(16-3-6-20-7-4-16)9-22-13-15-14-12(19)17(13)8-10-2-1-5-21-10/h10H,1-9H2,(H,14,19)/t10-/m1/s1. The highest BCUT2D eigenvalue weighted by atomic mass is 32.2. The summed E-state index contributed by atoms with van der Waals surface area (Å²) in [5.41, 5.74) is -0.253. The quantitative estimate of drug-likeness (QED) is 0.747. The third-order valence-electron chi connectivity index (χ3n) is 3.82. The molecule has 2 fully saturated rings. The lowest BCUT2D eigenvalue weighted by molar-refractivity contribution is -0.132. The summed E-state index contributed by atoms with van der Waals surface area (Å²) >= 11 is 1.29. The summed E-state index contributed by atoms with van der Waals surface area (Å²) in [5, 5.41) is 7.01. The molecule has 8 nitrogen and oxygen atoms in total. The van der Waals surface area contributed by atoms with Gasteiger partial charge in [0.15, 0.2) is 5.16 Å². The van der Waals surface area contributed by atoms with Gasteiger partial charge in [-0.2, -0.15) is 0 Å². The Kier molecular flexibility index (Phi) is 5.16. The number of hydrogen-bond acceptors (Lipinski definition) is 6. The zero-order chi connectivity index (χ0) is 15.4. The molecule has 122 valence electrons. The molecule has 0 aliphatic carbocycles. The minimum atomic E-state index is -0.253. The number of rotatable bonds is 5. The van der Waals surface area contributed by atoms with E-state index in [1.54, 1.807) is 9.47 Å². The molecule has 3 heterocycles. The van der Waals surface area contributed by atoms with Crippen molar-refractivity contribution in [2.24, 2.45) is 0 Å². The summed E-state index contributed by atoms with van der Waals surface area (Å²) in [7, 11) is 0. The van der Waals surface area contributed by atoms with Crippen LogP contribution in [0.15, 0.2) is 9.95 Å². The van der Waals surface area contributed by atoms with Crippen molar-refractivity contribution in [2.75, 3.05) is 38.7 Å². The van der Waals surface area contributed by atoms with E-state index in [0.717, 1.165) is 19.4 Å². The number of nitrogens with zero attached hydrogens (tertiary/aromatic N) is 3. The molecule has 0 spiro atoms. The van der Waals surface area contributed by atoms with Crippen molar-refractivity contribution in [2.45, 2.75) is 30.6 Å². The second kappa shape index (κ2) is 7.30. The van der Waals surface area contributed by atoms with E-state index in [-0.39, 0.29) is 23.5 Å². The van der Waals surface area contributed by atoms with E-state index < -0.39 is 0 Å². The predicted octanol–water partition coefficient (Wildman–Crippen LogP) is -0.299. The molecule has 1 N–H and O–H groups in total. The van der Waals surface area contributed by atoms with Gasteiger partial charge in [-0.25, -0.2) is 9.89 Å². The molecule has 1 aromatic rings. The van der Waals surface area contributed by atoms with Crippen molar-refractivity contribution >= 4 is 17.7 Å². The van der Waals surface area contributed by atoms with Crippen LogP contribution in [0.3, 0.4) is 0 Å². The Morgan fingerprint density at radius 2 is 2.18 bits per heavy atom. The van der Waals surface area contributed by atoms with Crippen LogP contribution in [0, 0.1) is 0 Å². The SMILES string of the molecule is O=C(CSc1n[nH]c(=O)n1C[C@H]1CCCO1)N1CCOCC1. The first-order chi connectivity index (χ1) is 10.7. The Labute approximate surface area is 132 Å². The van der Waals surface area contributed by atoms with Gasteiger partial charge in [-0.1, -0.05) is 11.8 Å². The van der Waals surface area contributed by atoms with Gasteiger partial charge in [0.25, 0.3) is 0 Å². The number of thioether (sulfide) groups is 1. The number of aromatic amines is 1. The van der Waals surface area contributed by atoms with Crippen LogP contribution in [-0.4, -0.2) is 70.3 Å². The summed E-state index contributed by atoms with van der Waals surface area (Å²) in [4.78, 5) is 25.8. The number of H-pyrrole nitrogens is 1. The summed E-state index contributed by atoms with van der Waals surface area (Å²) in [6, 6.07) is 0. The van der Waals surface area contributed by atoms with Crippen molar-refractivity contribution in [3.8, 4) is 0 Å². The van der Waals surface area contributed by atoms with Gasteiger partial charge in [-0.05, 0) is 12.8 Å². The molecule has 0 aromatic carbocycles. The minimum absolute atomic E-state index is 0.0485. The number of hydrogen-bond donors (Lipinski definition) is 1. The fourth-order valence-corrected chi connectivity index (χ4v) is 3.46. The highest BCUT2D eigenvalue weighted by molar-refractivity contribution is 7.99. The Hall–Kier alpha value is -1.32. The molecule has 0 saturated carbocycles. The van der Waals surface area contributed by atoms with Crippen LogP contribution in [0.4, 0.5) is 0 Å². The Bertz CT molecular complexity index is 561. The second-order valence-corrected chi connectivity index (χ2v) is 6.28. The van der Waals surface area contributed by atoms with Crippen molar-refractivity contribution in [1.29, 1.82) is 0 Å². The van der Waals surface area contributed by atoms with E-state index in [9.17, 15) is 9.59 Å². The lowest BCUT2D eigenvalue weighted by Crippen LogP contribution is -2.41. The molecule has 2 saturated heterocycles. The van der Waals surface area contributed by atoms with Crippen LogP contribution in [-0.2, 0) is 20.8 Å². The maximum atomic E-state index is 12.1. The monoisotopic (exact) mass is 328 g/mol. The first kappa shape index (κ1) is 15.6. The first-order valence-corrected chi connectivity index (χ1v) is 8.48. The van der Waals surface area contributed by atoms with Crippen LogP contribution < -0.4 is 5.69 Å². The summed E-state index contributed by atoms with van der Waals surface area (Å²) in [6.45, 7) is 3.66. The zero-order valence-electron chi connectivity index (χ0n) is 12.3. The van der Waals surface area contributed by atoms with Crippen molar-refractivity contribution in [3.63, 3.8) is 0 Å². The van der Waals surface area contributed by atoms with E-state index in [1.165, 1.54) is 11.8 Å². The maximum absolute atomic E-state index is 12.1. The van der Waals surface area contributed by atoms with Crippen LogP contribution in [0.2, 0.25) is 0 Å². The van der Waals surface area contributed by atoms with Gasteiger partial charge in [0.1, 0.15) is 0 Å². The molecule has 22 heavy (non-hydrogen) atoms. The Morgan fingerprint density at radius 1 is 1.36 bits per heavy atom. The van der Waals surface area contributed by atoms with Gasteiger partial charge < -0.3 is 14.4 Å². The predicted molar refractivity (Wildman–Crippen MR) is 79.9 cm³/mol. The van der Waals surface area contributed by atoms with Gasteiger partial charge >= 0.3 is 5.69 Å². The molecular formula is C13H20N4O4S. The van der Waals surface area contributed by atoms with Crippen LogP contribution in [0.25, 0.3) is 0 Å². The van der Waals surface area contributed by atoms with E-state index in [0.29, 0.717) is 38.0 Å². The van der Waals surface area contributed by atoms with Crippen molar-refractivity contribution in [1.82, 2.24) is 19.7 Å². The number of morpholine rings is 1. The van der Waals surface area contributed by atoms with Crippen molar-refractivity contribution < 1.29 is 14.3 Å². The normalized spacial score (nSPS) is 22.2. The molecule has 1 amide bonds. The van der Waals surface area contributed by atoms with Gasteiger partial charge in [-0.3, -0.25) is 9.36 Å². The second-order valence-electron chi connectivity index (χ2n) is 5.34. The van der Waals surface area contributed by atoms with Crippen LogP contribution >= 0.6 is 11.8 Å². The number of carbonyl (C=O) groups excluding carboxylic acids is 1. The number of carbonyl (C=O) groups is 1. The molecule has 0 radical (unpaired) electrons. The molecule has 0 bridgehead atoms. The van der Waals surface area contributed by atoms with Gasteiger partial charge in [-0.15, -0.1) is 5.10 Å². The molecule has 0 unspecified atom stereocenters. The topological polar surface area (TPSA) is 89.5 Å². The van der Waals surface area contributed by atoms with Crippen molar-refractivity contribution in [3.05, 3.63) is 10.5 Å². The Morgan fingerprint density at radius 3 is 2.91 bits per heavy atom. The molecule has 3 rings (SSSR count). The lowest BCUT2D eigenvalue weighted by Gasteiger charge is -2.26. The van der Waals surface area contributed by atoms with E-state index in [1.807, 2.05) is 0 Å². The third-order valence-corrected chi connectivity index (χ3v) is 4.78. The average Bonchev–Trinajstić information content (AvgIpc) is 3.18. The fourth-order valence-electron chi connectivity index (χ4n) is 2.60. The number of amides is 1. The summed E-state index contributed by atoms with van der Waals surface area (Å²) in [6.07, 6.45) is 2.04. The lowest BCUT2D eigenvalue weighted by atomic mass is 10.2. The number of nitrogens with one attached hydrogen (secondary N) is 1. The highest BCUT2D eigenvalue weighted by Crippen LogP contribution is 2.18. The minimum Gasteiger partial charge on any atom is -0.378 e. The van der Waals surface area contributed by atoms with Crippen LogP contribution in [0.1, 0.15) is 12.8 Å². The van der Waals surface area contributed by atoms with E-state index >= 15 is 0 Å². The molecule has 1 aromatic heterocycles. The largest absolute Gasteiger partial charge is 0.378 e.